The summed E-state index contributed by atoms with van der Waals surface area (Å²) in [7, 11) is 1.99. The van der Waals surface area contributed by atoms with Gasteiger partial charge in [0, 0.05) is 6.07 Å². The Morgan fingerprint density at radius 2 is 1.74 bits per heavy atom. The first-order chi connectivity index (χ1) is 11.3. The molecule has 23 heavy (non-hydrogen) atoms. The first-order valence-corrected chi connectivity index (χ1v) is 8.31. The van der Waals surface area contributed by atoms with Crippen molar-refractivity contribution in [1.29, 1.82) is 0 Å². The smallest absolute Gasteiger partial charge is 0.200 e. The molecule has 1 nitrogen and oxygen atoms in total. The molecule has 0 atom stereocenters. The van der Waals surface area contributed by atoms with Crippen LogP contribution < -0.4 is 4.57 Å². The Morgan fingerprint density at radius 3 is 2.43 bits per heavy atom. The van der Waals surface area contributed by atoms with Gasteiger partial charge in [-0.15, -0.1) is 0 Å². The van der Waals surface area contributed by atoms with E-state index in [0.717, 1.165) is 11.1 Å². The molecule has 0 bridgehead atoms. The number of hydrogen-bond donors (Lipinski definition) is 0. The Kier molecular flexibility index (Phi) is 3.65. The largest absolute Gasteiger partial charge is 0.220 e. The fraction of sp³-hybridized carbons (Fsp3) is 0.318. The van der Waals surface area contributed by atoms with Gasteiger partial charge in [-0.1, -0.05) is 37.6 Å². The summed E-state index contributed by atoms with van der Waals surface area (Å²) in [5.41, 5.74) is 7.56. The van der Waals surface area contributed by atoms with Gasteiger partial charge in [0.05, 0.1) is 10.9 Å². The highest BCUT2D eigenvalue weighted by Gasteiger charge is 2.19. The molecule has 0 saturated heterocycles. The van der Waals surface area contributed by atoms with Gasteiger partial charge < -0.3 is 0 Å². The van der Waals surface area contributed by atoms with Gasteiger partial charge in [-0.2, -0.15) is 0 Å². The van der Waals surface area contributed by atoms with Gasteiger partial charge in [0.1, 0.15) is 8.42 Å². The van der Waals surface area contributed by atoms with Crippen molar-refractivity contribution in [2.45, 2.75) is 40.5 Å². The van der Waals surface area contributed by atoms with Crippen molar-refractivity contribution < 1.29 is 5.94 Å². The highest BCUT2D eigenvalue weighted by Crippen LogP contribution is 2.32. The molecule has 0 amide bonds. The number of aryl methyl sites for hydroxylation is 2. The summed E-state index contributed by atoms with van der Waals surface area (Å²) in [5.74, 6) is 0.487. The number of nitrogens with zero attached hydrogens (tertiary/aromatic N) is 1. The molecule has 3 aromatic rings. The van der Waals surface area contributed by atoms with E-state index in [4.69, 9.17) is 1.37 Å². The molecular formula is C22H26N+. The fourth-order valence-electron chi connectivity index (χ4n) is 3.22. The third-order valence-corrected chi connectivity index (χ3v) is 4.82. The van der Waals surface area contributed by atoms with Crippen molar-refractivity contribution in [3.8, 4) is 11.3 Å². The molecule has 2 aromatic carbocycles. The molecule has 1 heterocycles. The Morgan fingerprint density at radius 1 is 1.00 bits per heavy atom. The van der Waals surface area contributed by atoms with Crippen molar-refractivity contribution >= 4 is 10.8 Å². The summed E-state index contributed by atoms with van der Waals surface area (Å²) in [4.78, 5) is 0. The number of fused-ring (bicyclic) bond motifs is 1. The minimum Gasteiger partial charge on any atom is -0.200 e. The number of aromatic nitrogens is 1. The zero-order valence-electron chi connectivity index (χ0n) is 16.0. The highest BCUT2D eigenvalue weighted by molar-refractivity contribution is 5.94. The first kappa shape index (κ1) is 14.4. The Hall–Kier alpha value is -2.15. The second-order valence-electron chi connectivity index (χ2n) is 6.94. The second kappa shape index (κ2) is 5.81. The summed E-state index contributed by atoms with van der Waals surface area (Å²) < 4.78 is 10.4. The number of rotatable bonds is 2. The van der Waals surface area contributed by atoms with Gasteiger partial charge in [-0.05, 0) is 60.9 Å². The maximum absolute atomic E-state index is 8.39. The Balaban J connectivity index is 2.44. The third kappa shape index (κ3) is 2.76. The highest BCUT2D eigenvalue weighted by atomic mass is 14.9. The summed E-state index contributed by atoms with van der Waals surface area (Å²) in [5, 5.41) is 2.35. The lowest BCUT2D eigenvalue weighted by atomic mass is 9.91. The quantitative estimate of drug-likeness (QED) is 0.560. The molecule has 0 aliphatic heterocycles. The molecule has 0 saturated carbocycles. The van der Waals surface area contributed by atoms with Crippen LogP contribution in [0, 0.1) is 20.8 Å². The van der Waals surface area contributed by atoms with Crippen molar-refractivity contribution in [3.63, 3.8) is 0 Å². The van der Waals surface area contributed by atoms with Crippen LogP contribution in [0.1, 0.15) is 43.4 Å². The van der Waals surface area contributed by atoms with Crippen molar-refractivity contribution in [1.82, 2.24) is 0 Å². The Bertz CT molecular complexity index is 939. The molecule has 0 fully saturated rings. The molecule has 0 unspecified atom stereocenters. The van der Waals surface area contributed by atoms with E-state index in [0.29, 0.717) is 12.1 Å². The van der Waals surface area contributed by atoms with Gasteiger partial charge in [0.25, 0.3) is 0 Å². The minimum absolute atomic E-state index is 0.487. The topological polar surface area (TPSA) is 3.88 Å². The van der Waals surface area contributed by atoms with E-state index >= 15 is 0 Å². The zero-order chi connectivity index (χ0) is 17.6. The molecule has 0 aliphatic carbocycles. The molecule has 3 rings (SSSR count). The molecule has 1 aromatic heterocycles. The molecule has 0 N–H and O–H groups in total. The number of hydrogen-bond acceptors (Lipinski definition) is 0. The van der Waals surface area contributed by atoms with Crippen LogP contribution in [0.3, 0.4) is 0 Å². The normalized spacial score (nSPS) is 12.0. The SMILES string of the molecule is [2H]c1cc2cc(C)ccc2c(-c2cc(C(C)C)cc(C)c2C)[n+]1C. The molecule has 1 heteroatoms. The summed E-state index contributed by atoms with van der Waals surface area (Å²) >= 11 is 0. The lowest BCUT2D eigenvalue weighted by molar-refractivity contribution is -0.659. The number of benzene rings is 2. The summed E-state index contributed by atoms with van der Waals surface area (Å²) in [6, 6.07) is 13.1. The van der Waals surface area contributed by atoms with Crippen LogP contribution in [0.25, 0.3) is 22.0 Å². The third-order valence-electron chi connectivity index (χ3n) is 4.82. The number of pyridine rings is 1. The van der Waals surface area contributed by atoms with Crippen LogP contribution in [0.15, 0.2) is 42.6 Å². The van der Waals surface area contributed by atoms with Crippen molar-refractivity contribution in [3.05, 3.63) is 64.8 Å². The van der Waals surface area contributed by atoms with Crippen molar-refractivity contribution in [2.75, 3.05) is 0 Å². The average molecular weight is 305 g/mol. The molecule has 0 radical (unpaired) electrons. The van der Waals surface area contributed by atoms with Crippen LogP contribution in [0.4, 0.5) is 0 Å². The standard InChI is InChI=1S/C22H26N/c1-14(2)19-12-16(4)17(5)21(13-19)22-20-8-7-15(3)11-18(20)9-10-23(22)6/h7-14H,1-6H3/q+1/i10D. The lowest BCUT2D eigenvalue weighted by Gasteiger charge is -2.14. The fourth-order valence-corrected chi connectivity index (χ4v) is 3.22. The maximum Gasteiger partial charge on any atom is 0.220 e. The van der Waals surface area contributed by atoms with E-state index < -0.39 is 0 Å². The maximum atomic E-state index is 8.39. The van der Waals surface area contributed by atoms with Crippen LogP contribution in [-0.4, -0.2) is 0 Å². The summed E-state index contributed by atoms with van der Waals surface area (Å²) in [6.07, 6.45) is 0.537. The zero-order valence-corrected chi connectivity index (χ0v) is 15.0. The van der Waals surface area contributed by atoms with E-state index in [1.165, 1.54) is 33.2 Å². The van der Waals surface area contributed by atoms with Gasteiger partial charge in [0.15, 0.2) is 6.17 Å². The van der Waals surface area contributed by atoms with Gasteiger partial charge >= 0.3 is 0 Å². The van der Waals surface area contributed by atoms with Crippen molar-refractivity contribution in [2.24, 2.45) is 7.05 Å². The van der Waals surface area contributed by atoms with Crippen LogP contribution in [0.5, 0.6) is 0 Å². The molecule has 118 valence electrons. The monoisotopic (exact) mass is 305 g/mol. The van der Waals surface area contributed by atoms with E-state index in [-0.39, 0.29) is 0 Å². The van der Waals surface area contributed by atoms with Gasteiger partial charge in [0.2, 0.25) is 5.69 Å². The Labute approximate surface area is 141 Å². The average Bonchev–Trinajstić information content (AvgIpc) is 2.51. The lowest BCUT2D eigenvalue weighted by Crippen LogP contribution is -2.30. The van der Waals surface area contributed by atoms with E-state index in [1.54, 1.807) is 0 Å². The van der Waals surface area contributed by atoms with E-state index in [1.807, 2.05) is 17.7 Å². The first-order valence-electron chi connectivity index (χ1n) is 8.81. The molecule has 0 aliphatic rings. The molecule has 0 spiro atoms. The molecular weight excluding hydrogens is 278 g/mol. The predicted octanol–water partition coefficient (Wildman–Crippen LogP) is 5.38. The van der Waals surface area contributed by atoms with Crippen LogP contribution in [-0.2, 0) is 7.05 Å². The second-order valence-corrected chi connectivity index (χ2v) is 6.94. The minimum atomic E-state index is 0.487. The van der Waals surface area contributed by atoms with E-state index in [9.17, 15) is 0 Å². The van der Waals surface area contributed by atoms with Gasteiger partial charge in [-0.3, -0.25) is 0 Å². The van der Waals surface area contributed by atoms with Crippen LogP contribution in [0.2, 0.25) is 0 Å². The van der Waals surface area contributed by atoms with Crippen LogP contribution >= 0.6 is 0 Å². The van der Waals surface area contributed by atoms with Gasteiger partial charge in [-0.25, -0.2) is 4.57 Å². The summed E-state index contributed by atoms with van der Waals surface area (Å²) in [6.45, 7) is 10.9. The van der Waals surface area contributed by atoms with E-state index in [2.05, 4.69) is 65.0 Å². The predicted molar refractivity (Wildman–Crippen MR) is 98.9 cm³/mol.